The van der Waals surface area contributed by atoms with Gasteiger partial charge >= 0.3 is 0 Å². The lowest BCUT2D eigenvalue weighted by atomic mass is 10.0. The summed E-state index contributed by atoms with van der Waals surface area (Å²) in [6.45, 7) is 3.46. The van der Waals surface area contributed by atoms with Crippen molar-refractivity contribution in [3.63, 3.8) is 0 Å². The number of halogens is 1. The van der Waals surface area contributed by atoms with Crippen LogP contribution in [-0.2, 0) is 11.2 Å². The van der Waals surface area contributed by atoms with Gasteiger partial charge in [0, 0.05) is 30.9 Å². The maximum atomic E-state index is 6.12. The highest BCUT2D eigenvalue weighted by Gasteiger charge is 2.15. The lowest BCUT2D eigenvalue weighted by Gasteiger charge is -2.13. The van der Waals surface area contributed by atoms with E-state index in [4.69, 9.17) is 21.3 Å². The third-order valence-corrected chi connectivity index (χ3v) is 4.47. The van der Waals surface area contributed by atoms with Crippen LogP contribution < -0.4 is 5.32 Å². The Morgan fingerprint density at radius 1 is 1.29 bits per heavy atom. The summed E-state index contributed by atoms with van der Waals surface area (Å²) in [5.41, 5.74) is 3.79. The number of fused-ring (bicyclic) bond motifs is 1. The van der Waals surface area contributed by atoms with Crippen LogP contribution in [0.15, 0.2) is 42.7 Å². The topological polar surface area (TPSA) is 51.5 Å². The summed E-state index contributed by atoms with van der Waals surface area (Å²) in [4.78, 5) is 9.26. The zero-order valence-corrected chi connectivity index (χ0v) is 14.0. The van der Waals surface area contributed by atoms with Crippen molar-refractivity contribution >= 4 is 17.2 Å². The van der Waals surface area contributed by atoms with Gasteiger partial charge in [0.2, 0.25) is 0 Å². The molecule has 1 saturated heterocycles. The van der Waals surface area contributed by atoms with E-state index in [0.29, 0.717) is 10.9 Å². The van der Waals surface area contributed by atoms with Crippen molar-refractivity contribution in [1.82, 2.24) is 19.7 Å². The summed E-state index contributed by atoms with van der Waals surface area (Å²) < 4.78 is 7.61. The fraction of sp³-hybridized carbons (Fsp3) is 0.333. The minimum Gasteiger partial charge on any atom is -0.380 e. The first-order valence-electron chi connectivity index (χ1n) is 8.17. The molecule has 0 aromatic carbocycles. The van der Waals surface area contributed by atoms with Gasteiger partial charge in [0.15, 0.2) is 0 Å². The highest BCUT2D eigenvalue weighted by Crippen LogP contribution is 2.22. The van der Waals surface area contributed by atoms with Crippen molar-refractivity contribution in [1.29, 1.82) is 0 Å². The molecule has 0 radical (unpaired) electrons. The molecule has 0 aliphatic carbocycles. The molecule has 4 heterocycles. The van der Waals surface area contributed by atoms with Gasteiger partial charge in [-0.1, -0.05) is 17.7 Å². The number of rotatable bonds is 3. The number of aromatic nitrogens is 3. The molecule has 1 aliphatic rings. The van der Waals surface area contributed by atoms with E-state index < -0.39 is 0 Å². The Balaban J connectivity index is 1.62. The van der Waals surface area contributed by atoms with Gasteiger partial charge in [-0.15, -0.1) is 0 Å². The van der Waals surface area contributed by atoms with Crippen molar-refractivity contribution < 1.29 is 4.74 Å². The molecule has 0 spiro atoms. The van der Waals surface area contributed by atoms with Gasteiger partial charge in [0.05, 0.1) is 35.8 Å². The Bertz CT molecular complexity index is 840. The fourth-order valence-corrected chi connectivity index (χ4v) is 3.23. The number of hydrogen-bond acceptors (Lipinski definition) is 4. The molecule has 0 bridgehead atoms. The van der Waals surface area contributed by atoms with Crippen LogP contribution in [0.2, 0.25) is 5.02 Å². The Morgan fingerprint density at radius 2 is 2.25 bits per heavy atom. The van der Waals surface area contributed by atoms with Crippen molar-refractivity contribution in [2.24, 2.45) is 5.92 Å². The molecule has 1 fully saturated rings. The minimum atomic E-state index is 0.451. The van der Waals surface area contributed by atoms with Crippen LogP contribution in [-0.4, -0.2) is 40.7 Å². The fourth-order valence-electron chi connectivity index (χ4n) is 3.07. The summed E-state index contributed by atoms with van der Waals surface area (Å²) in [5, 5.41) is 4.09. The number of hydrogen-bond donors (Lipinski definition) is 1. The van der Waals surface area contributed by atoms with Crippen LogP contribution >= 0.6 is 11.6 Å². The summed E-state index contributed by atoms with van der Waals surface area (Å²) in [5.74, 6) is 0.451. The maximum Gasteiger partial charge on any atom is 0.137 e. The smallest absolute Gasteiger partial charge is 0.137 e. The molecule has 3 aromatic rings. The van der Waals surface area contributed by atoms with Crippen LogP contribution in [0.5, 0.6) is 0 Å². The van der Waals surface area contributed by atoms with E-state index in [1.807, 2.05) is 41.1 Å². The van der Waals surface area contributed by atoms with E-state index >= 15 is 0 Å². The second kappa shape index (κ2) is 6.89. The first-order valence-corrected chi connectivity index (χ1v) is 8.55. The Labute approximate surface area is 145 Å². The predicted octanol–water partition coefficient (Wildman–Crippen LogP) is 2.83. The van der Waals surface area contributed by atoms with E-state index in [0.717, 1.165) is 55.5 Å². The molecule has 0 saturated carbocycles. The molecule has 0 unspecified atom stereocenters. The Kier molecular flexibility index (Phi) is 4.47. The highest BCUT2D eigenvalue weighted by molar-refractivity contribution is 6.30. The second-order valence-electron chi connectivity index (χ2n) is 6.08. The zero-order chi connectivity index (χ0) is 16.4. The van der Waals surface area contributed by atoms with Crippen molar-refractivity contribution in [3.05, 3.63) is 53.4 Å². The molecule has 24 heavy (non-hydrogen) atoms. The van der Waals surface area contributed by atoms with Crippen molar-refractivity contribution in [2.45, 2.75) is 6.42 Å². The zero-order valence-electron chi connectivity index (χ0n) is 13.3. The number of ether oxygens (including phenoxy) is 1. The number of nitrogens with one attached hydrogen (secondary N) is 1. The lowest BCUT2D eigenvalue weighted by molar-refractivity contribution is 0.123. The quantitative estimate of drug-likeness (QED) is 0.795. The van der Waals surface area contributed by atoms with E-state index in [-0.39, 0.29) is 0 Å². The van der Waals surface area contributed by atoms with Gasteiger partial charge in [0.1, 0.15) is 5.65 Å². The maximum absolute atomic E-state index is 6.12. The van der Waals surface area contributed by atoms with Gasteiger partial charge in [-0.05, 0) is 30.7 Å². The first-order chi connectivity index (χ1) is 11.8. The number of nitrogens with zero attached hydrogens (tertiary/aromatic N) is 3. The van der Waals surface area contributed by atoms with E-state index in [1.54, 1.807) is 0 Å². The third-order valence-electron chi connectivity index (χ3n) is 4.25. The average Bonchev–Trinajstić information content (AvgIpc) is 2.83. The normalized spacial score (nSPS) is 18.6. The van der Waals surface area contributed by atoms with Crippen LogP contribution in [0.3, 0.4) is 0 Å². The van der Waals surface area contributed by atoms with Crippen LogP contribution in [0.4, 0.5) is 0 Å². The van der Waals surface area contributed by atoms with E-state index in [9.17, 15) is 0 Å². The highest BCUT2D eigenvalue weighted by atomic mass is 35.5. The van der Waals surface area contributed by atoms with Crippen molar-refractivity contribution in [2.75, 3.05) is 26.3 Å². The Morgan fingerprint density at radius 3 is 3.21 bits per heavy atom. The SMILES string of the molecule is Clc1ccc2ncc(-c3cccc(C[C@@H]4CNCCOC4)n3)n2c1. The molecular formula is C18H19ClN4O. The van der Waals surface area contributed by atoms with Crippen LogP contribution in [0.1, 0.15) is 5.69 Å². The molecule has 5 nitrogen and oxygen atoms in total. The summed E-state index contributed by atoms with van der Waals surface area (Å²) in [6, 6.07) is 9.88. The van der Waals surface area contributed by atoms with Crippen molar-refractivity contribution in [3.8, 4) is 11.4 Å². The van der Waals surface area contributed by atoms with Gasteiger partial charge in [-0.25, -0.2) is 4.98 Å². The molecule has 1 N–H and O–H groups in total. The molecule has 6 heteroatoms. The summed E-state index contributed by atoms with van der Waals surface area (Å²) in [7, 11) is 0. The third kappa shape index (κ3) is 3.29. The monoisotopic (exact) mass is 342 g/mol. The molecule has 1 atom stereocenters. The molecule has 1 aliphatic heterocycles. The second-order valence-corrected chi connectivity index (χ2v) is 6.52. The van der Waals surface area contributed by atoms with Crippen LogP contribution in [0.25, 0.3) is 17.0 Å². The number of pyridine rings is 2. The largest absolute Gasteiger partial charge is 0.380 e. The van der Waals surface area contributed by atoms with E-state index in [1.165, 1.54) is 0 Å². The summed E-state index contributed by atoms with van der Waals surface area (Å²) in [6.07, 6.45) is 4.61. The molecular weight excluding hydrogens is 324 g/mol. The van der Waals surface area contributed by atoms with Gasteiger partial charge in [0.25, 0.3) is 0 Å². The molecule has 3 aromatic heterocycles. The Hall–Kier alpha value is -1.95. The van der Waals surface area contributed by atoms with E-state index in [2.05, 4.69) is 16.4 Å². The minimum absolute atomic E-state index is 0.451. The van der Waals surface area contributed by atoms with Gasteiger partial charge in [-0.3, -0.25) is 9.38 Å². The molecule has 124 valence electrons. The standard InChI is InChI=1S/C18H19ClN4O/c19-14-4-5-18-21-10-17(23(18)11-14)16-3-1-2-15(22-16)8-13-9-20-6-7-24-12-13/h1-5,10-11,13,20H,6-9,12H2/t13-/m1/s1. The lowest BCUT2D eigenvalue weighted by Crippen LogP contribution is -2.24. The molecule has 0 amide bonds. The first kappa shape index (κ1) is 15.6. The van der Waals surface area contributed by atoms with Gasteiger partial charge < -0.3 is 10.1 Å². The predicted molar refractivity (Wildman–Crippen MR) is 94.3 cm³/mol. The average molecular weight is 343 g/mol. The summed E-state index contributed by atoms with van der Waals surface area (Å²) >= 11 is 6.12. The van der Waals surface area contributed by atoms with Crippen LogP contribution in [0, 0.1) is 5.92 Å². The number of imidazole rings is 1. The van der Waals surface area contributed by atoms with Gasteiger partial charge in [-0.2, -0.15) is 0 Å². The molecule has 4 rings (SSSR count).